The van der Waals surface area contributed by atoms with Crippen LogP contribution in [-0.4, -0.2) is 15.6 Å². The molecule has 0 fully saturated rings. The Balaban J connectivity index is 3.22. The molecule has 0 atom stereocenters. The molecule has 0 aromatic heterocycles. The fourth-order valence-electron chi connectivity index (χ4n) is 0.0264. The quantitative estimate of drug-likeness (QED) is 0.343. The van der Waals surface area contributed by atoms with Crippen LogP contribution in [0.2, 0.25) is 0 Å². The van der Waals surface area contributed by atoms with Crippen LogP contribution in [0.5, 0.6) is 0 Å². The van der Waals surface area contributed by atoms with Gasteiger partial charge in [0.25, 0.3) is 0 Å². The summed E-state index contributed by atoms with van der Waals surface area (Å²) in [6.45, 7) is 0. The molecular weight excluding hydrogens is 98.1 g/mol. The van der Waals surface area contributed by atoms with E-state index >= 15 is 0 Å². The van der Waals surface area contributed by atoms with E-state index in [1.165, 1.54) is 0 Å². The Morgan fingerprint density at radius 2 is 2.50 bits per heavy atom. The minimum absolute atomic E-state index is 0.0633. The molecule has 3 nitrogen and oxygen atoms in total. The van der Waals surface area contributed by atoms with E-state index in [1.54, 1.807) is 0 Å². The Morgan fingerprint density at radius 3 is 2.50 bits per heavy atom. The van der Waals surface area contributed by atoms with Crippen LogP contribution in [0.15, 0.2) is 12.1 Å². The molecule has 0 aromatic carbocycles. The number of rotatable bonds is 1. The van der Waals surface area contributed by atoms with Crippen LogP contribution in [0.1, 0.15) is 0 Å². The maximum absolute atomic E-state index is 7.89. The molecule has 0 spiro atoms. The summed E-state index contributed by atoms with van der Waals surface area (Å²) in [5.41, 5.74) is 4.81. The van der Waals surface area contributed by atoms with Crippen molar-refractivity contribution in [2.45, 2.75) is 0 Å². The van der Waals surface area contributed by atoms with E-state index in [0.717, 1.165) is 0 Å². The fraction of sp³-hybridized carbons (Fsp3) is 0. The van der Waals surface area contributed by atoms with Crippen LogP contribution in [0.25, 0.3) is 0 Å². The summed E-state index contributed by atoms with van der Waals surface area (Å²) >= 11 is 0. The Kier molecular flexibility index (Phi) is 2.31. The highest BCUT2D eigenvalue weighted by molar-refractivity contribution is 5.98. The molecule has 3 radical (unpaired) electrons. The second kappa shape index (κ2) is 2.59. The van der Waals surface area contributed by atoms with E-state index in [1.807, 2.05) is 0 Å². The third-order valence-electron chi connectivity index (χ3n) is 0.245. The molecule has 33 valence electrons. The number of aliphatic hydroxyl groups excluding tert-OH is 1. The van der Waals surface area contributed by atoms with Gasteiger partial charge in [-0.05, 0) is 0 Å². The topological polar surface area (TPSA) is 55.5 Å². The highest BCUT2D eigenvalue weighted by Crippen LogP contribution is 1.74. The maximum Gasteiger partial charge on any atom is 0.343 e. The lowest BCUT2D eigenvalue weighted by atomic mass is 10.9. The molecule has 0 bridgehead atoms. The van der Waals surface area contributed by atoms with Gasteiger partial charge in [0, 0.05) is 0 Å². The zero-order valence-corrected chi connectivity index (χ0v) is 4.01. The van der Waals surface area contributed by atoms with E-state index < -0.39 is 0 Å². The third kappa shape index (κ3) is 1.65. The summed E-state index contributed by atoms with van der Waals surface area (Å²) in [5.74, 6) is -0.0633. The van der Waals surface area contributed by atoms with Crippen LogP contribution >= 0.6 is 0 Å². The lowest BCUT2D eigenvalue weighted by molar-refractivity contribution is 0.391. The van der Waals surface area contributed by atoms with Crippen molar-refractivity contribution < 1.29 is 9.53 Å². The number of aliphatic hydroxyl groups is 1. The van der Waals surface area contributed by atoms with E-state index in [-0.39, 0.29) is 5.88 Å². The highest BCUT2D eigenvalue weighted by Gasteiger charge is 1.75. The van der Waals surface area contributed by atoms with Crippen molar-refractivity contribution in [1.29, 1.82) is 0 Å². The lowest BCUT2D eigenvalue weighted by Gasteiger charge is -1.90. The largest absolute Gasteiger partial charge is 0.527 e. The van der Waals surface area contributed by atoms with Crippen molar-refractivity contribution in [3.63, 3.8) is 0 Å². The number of hydrogen-bond acceptors (Lipinski definition) is 3. The van der Waals surface area contributed by atoms with Crippen molar-refractivity contribution in [3.05, 3.63) is 12.1 Å². The predicted octanol–water partition coefficient (Wildman–Crippen LogP) is -0.598. The second-order valence-corrected chi connectivity index (χ2v) is 0.838. The molecule has 0 aliphatic rings. The average Bonchev–Trinajstić information content (AvgIpc) is 1.65. The minimum Gasteiger partial charge on any atom is -0.527 e. The van der Waals surface area contributed by atoms with Crippen LogP contribution < -0.4 is 5.73 Å². The molecule has 0 aromatic rings. The predicted molar refractivity (Wildman–Crippen MR) is 21.7 cm³/mol. The standard InChI is InChI=1S/C2H4NO2Si/c3-2(1-4)5-6/h1,4H,3H2/b2-1-. The molecular formula is C2H4NO2Si. The van der Waals surface area contributed by atoms with Gasteiger partial charge in [-0.3, -0.25) is 0 Å². The first-order chi connectivity index (χ1) is 2.81. The van der Waals surface area contributed by atoms with Crippen molar-refractivity contribution in [2.24, 2.45) is 5.73 Å². The first-order valence-electron chi connectivity index (χ1n) is 1.24. The Bertz CT molecular complexity index is 62.6. The Morgan fingerprint density at radius 1 is 2.00 bits per heavy atom. The van der Waals surface area contributed by atoms with Gasteiger partial charge in [0.05, 0.1) is 0 Å². The molecule has 3 N–H and O–H groups in total. The molecule has 0 unspecified atom stereocenters. The van der Waals surface area contributed by atoms with Crippen molar-refractivity contribution >= 4 is 10.5 Å². The molecule has 0 rings (SSSR count). The SMILES string of the molecule is N/C(=C/O)O[Si]. The highest BCUT2D eigenvalue weighted by atomic mass is 28.2. The summed E-state index contributed by atoms with van der Waals surface area (Å²) in [5, 5.41) is 7.89. The molecule has 0 heterocycles. The Hall–Kier alpha value is -0.643. The Labute approximate surface area is 39.0 Å². The summed E-state index contributed by atoms with van der Waals surface area (Å²) in [6.07, 6.45) is 0.646. The minimum atomic E-state index is -0.0633. The maximum atomic E-state index is 7.89. The number of hydrogen-bond donors (Lipinski definition) is 2. The van der Waals surface area contributed by atoms with Crippen LogP contribution in [0.4, 0.5) is 0 Å². The molecule has 6 heavy (non-hydrogen) atoms. The van der Waals surface area contributed by atoms with Crippen molar-refractivity contribution in [2.75, 3.05) is 0 Å². The molecule has 0 saturated heterocycles. The first-order valence-corrected chi connectivity index (χ1v) is 1.65. The van der Waals surface area contributed by atoms with Gasteiger partial charge >= 0.3 is 10.5 Å². The van der Waals surface area contributed by atoms with Crippen molar-refractivity contribution in [3.8, 4) is 0 Å². The molecule has 0 amide bonds. The zero-order valence-electron chi connectivity index (χ0n) is 3.01. The summed E-state index contributed by atoms with van der Waals surface area (Å²) < 4.78 is 4.09. The van der Waals surface area contributed by atoms with E-state index in [2.05, 4.69) is 14.9 Å². The third-order valence-corrected chi connectivity index (χ3v) is 0.481. The number of nitrogens with two attached hydrogens (primary N) is 1. The zero-order chi connectivity index (χ0) is 4.99. The molecule has 0 aliphatic carbocycles. The van der Waals surface area contributed by atoms with Gasteiger partial charge in [-0.1, -0.05) is 0 Å². The fourth-order valence-corrected chi connectivity index (χ4v) is 0.0791. The monoisotopic (exact) mass is 102 g/mol. The first kappa shape index (κ1) is 5.36. The lowest BCUT2D eigenvalue weighted by Crippen LogP contribution is -1.98. The van der Waals surface area contributed by atoms with Crippen LogP contribution in [0.3, 0.4) is 0 Å². The van der Waals surface area contributed by atoms with Crippen molar-refractivity contribution in [1.82, 2.24) is 0 Å². The van der Waals surface area contributed by atoms with E-state index in [4.69, 9.17) is 10.8 Å². The summed E-state index contributed by atoms with van der Waals surface area (Å²) in [4.78, 5) is 0. The van der Waals surface area contributed by atoms with Crippen LogP contribution in [-0.2, 0) is 4.43 Å². The van der Waals surface area contributed by atoms with Gasteiger partial charge < -0.3 is 15.3 Å². The van der Waals surface area contributed by atoms with E-state index in [9.17, 15) is 0 Å². The van der Waals surface area contributed by atoms with Gasteiger partial charge in [-0.15, -0.1) is 0 Å². The van der Waals surface area contributed by atoms with Gasteiger partial charge in [0.1, 0.15) is 6.26 Å². The van der Waals surface area contributed by atoms with Gasteiger partial charge in [-0.2, -0.15) is 0 Å². The van der Waals surface area contributed by atoms with Gasteiger partial charge in [0.15, 0.2) is 0 Å². The molecule has 4 heteroatoms. The normalized spacial score (nSPS) is 11.2. The van der Waals surface area contributed by atoms with Gasteiger partial charge in [0.2, 0.25) is 5.88 Å². The molecule has 0 aliphatic heterocycles. The van der Waals surface area contributed by atoms with Crippen LogP contribution in [0, 0.1) is 0 Å². The average molecular weight is 102 g/mol. The van der Waals surface area contributed by atoms with E-state index in [0.29, 0.717) is 6.26 Å². The molecule has 0 saturated carbocycles. The summed E-state index contributed by atoms with van der Waals surface area (Å²) in [6, 6.07) is 0. The van der Waals surface area contributed by atoms with Gasteiger partial charge in [-0.25, -0.2) is 0 Å². The summed E-state index contributed by atoms with van der Waals surface area (Å²) in [7, 11) is 2.56. The smallest absolute Gasteiger partial charge is 0.343 e. The second-order valence-electron chi connectivity index (χ2n) is 0.634.